The van der Waals surface area contributed by atoms with E-state index in [2.05, 4.69) is 5.32 Å². The molecule has 0 aromatic rings. The van der Waals surface area contributed by atoms with E-state index < -0.39 is 36.0 Å². The molecule has 1 heterocycles. The fraction of sp³-hybridized carbons (Fsp3) is 0.700. The van der Waals surface area contributed by atoms with Gasteiger partial charge in [-0.2, -0.15) is 0 Å². The van der Waals surface area contributed by atoms with Gasteiger partial charge in [-0.1, -0.05) is 0 Å². The Balaban J connectivity index is 2.57. The lowest BCUT2D eigenvalue weighted by atomic mass is 10.1. The van der Waals surface area contributed by atoms with Gasteiger partial charge in [0, 0.05) is 6.54 Å². The van der Waals surface area contributed by atoms with Crippen molar-refractivity contribution < 1.29 is 24.6 Å². The summed E-state index contributed by atoms with van der Waals surface area (Å²) >= 11 is 0. The SMILES string of the molecule is CC1(O)CCN(C(=O)NC(CC(N)=O)C(=O)O)C1. The maximum atomic E-state index is 11.7. The van der Waals surface area contributed by atoms with Crippen LogP contribution in [-0.2, 0) is 9.59 Å². The zero-order valence-corrected chi connectivity index (χ0v) is 10.0. The molecule has 3 amide bonds. The number of rotatable bonds is 4. The van der Waals surface area contributed by atoms with Crippen LogP contribution in [0, 0.1) is 0 Å². The zero-order chi connectivity index (χ0) is 13.9. The molecule has 0 saturated carbocycles. The van der Waals surface area contributed by atoms with E-state index in [1.165, 1.54) is 4.90 Å². The lowest BCUT2D eigenvalue weighted by Gasteiger charge is -2.21. The monoisotopic (exact) mass is 259 g/mol. The molecule has 0 spiro atoms. The predicted octanol–water partition coefficient (Wildman–Crippen LogP) is -1.52. The van der Waals surface area contributed by atoms with Crippen molar-refractivity contribution in [2.45, 2.75) is 31.4 Å². The fourth-order valence-electron chi connectivity index (χ4n) is 1.76. The number of β-amino-alcohol motifs (C(OH)–C–C–N with tert-alkyl or cyclic N) is 1. The van der Waals surface area contributed by atoms with Crippen molar-refractivity contribution in [1.29, 1.82) is 0 Å². The standard InChI is InChI=1S/C10H17N3O5/c1-10(18)2-3-13(5-10)9(17)12-6(8(15)16)4-7(11)14/h6,18H,2-5H2,1H3,(H2,11,14)(H,12,17)(H,15,16). The first-order valence-corrected chi connectivity index (χ1v) is 5.50. The highest BCUT2D eigenvalue weighted by Crippen LogP contribution is 2.20. The van der Waals surface area contributed by atoms with Crippen LogP contribution in [0.1, 0.15) is 19.8 Å². The number of amides is 3. The molecule has 2 atom stereocenters. The molecule has 1 saturated heterocycles. The molecule has 2 unspecified atom stereocenters. The Morgan fingerprint density at radius 1 is 1.50 bits per heavy atom. The molecular weight excluding hydrogens is 242 g/mol. The van der Waals surface area contributed by atoms with Gasteiger partial charge in [0.15, 0.2) is 0 Å². The molecule has 0 aliphatic carbocycles. The van der Waals surface area contributed by atoms with Crippen LogP contribution in [0.2, 0.25) is 0 Å². The second kappa shape index (κ2) is 5.21. The maximum absolute atomic E-state index is 11.7. The summed E-state index contributed by atoms with van der Waals surface area (Å²) in [6.07, 6.45) is -0.0424. The third-order valence-corrected chi connectivity index (χ3v) is 2.74. The average molecular weight is 259 g/mol. The molecule has 1 rings (SSSR count). The number of carboxylic acids is 1. The Morgan fingerprint density at radius 3 is 2.50 bits per heavy atom. The lowest BCUT2D eigenvalue weighted by Crippen LogP contribution is -2.49. The van der Waals surface area contributed by atoms with Crippen molar-refractivity contribution in [2.75, 3.05) is 13.1 Å². The third kappa shape index (κ3) is 3.88. The fourth-order valence-corrected chi connectivity index (χ4v) is 1.76. The molecule has 5 N–H and O–H groups in total. The van der Waals surface area contributed by atoms with Crippen LogP contribution in [0.4, 0.5) is 4.79 Å². The minimum atomic E-state index is -1.35. The molecule has 0 bridgehead atoms. The summed E-state index contributed by atoms with van der Waals surface area (Å²) in [5.41, 5.74) is 3.94. The van der Waals surface area contributed by atoms with Gasteiger partial charge < -0.3 is 26.2 Å². The molecule has 0 radical (unpaired) electrons. The maximum Gasteiger partial charge on any atom is 0.326 e. The van der Waals surface area contributed by atoms with E-state index >= 15 is 0 Å². The smallest absolute Gasteiger partial charge is 0.326 e. The van der Waals surface area contributed by atoms with Crippen LogP contribution < -0.4 is 11.1 Å². The topological polar surface area (TPSA) is 133 Å². The van der Waals surface area contributed by atoms with Crippen LogP contribution in [0.25, 0.3) is 0 Å². The van der Waals surface area contributed by atoms with Crippen LogP contribution in [0.5, 0.6) is 0 Å². The van der Waals surface area contributed by atoms with Crippen molar-refractivity contribution in [3.63, 3.8) is 0 Å². The number of carboxylic acid groups (broad SMARTS) is 1. The number of hydrogen-bond donors (Lipinski definition) is 4. The van der Waals surface area contributed by atoms with E-state index in [-0.39, 0.29) is 6.54 Å². The van der Waals surface area contributed by atoms with Gasteiger partial charge in [0.25, 0.3) is 0 Å². The van der Waals surface area contributed by atoms with Crippen molar-refractivity contribution in [3.8, 4) is 0 Å². The van der Waals surface area contributed by atoms with Gasteiger partial charge in [0.1, 0.15) is 6.04 Å². The van der Waals surface area contributed by atoms with Crippen LogP contribution in [-0.4, -0.2) is 57.8 Å². The van der Waals surface area contributed by atoms with Crippen molar-refractivity contribution in [1.82, 2.24) is 10.2 Å². The molecular formula is C10H17N3O5. The highest BCUT2D eigenvalue weighted by Gasteiger charge is 2.35. The second-order valence-electron chi connectivity index (χ2n) is 4.68. The lowest BCUT2D eigenvalue weighted by molar-refractivity contribution is -0.140. The van der Waals surface area contributed by atoms with Gasteiger partial charge in [0.2, 0.25) is 5.91 Å². The normalized spacial score (nSPS) is 24.7. The van der Waals surface area contributed by atoms with Gasteiger partial charge in [0.05, 0.1) is 18.6 Å². The summed E-state index contributed by atoms with van der Waals surface area (Å²) in [6, 6.07) is -1.97. The number of nitrogens with one attached hydrogen (secondary N) is 1. The first-order chi connectivity index (χ1) is 8.21. The largest absolute Gasteiger partial charge is 0.480 e. The van der Waals surface area contributed by atoms with E-state index in [0.29, 0.717) is 13.0 Å². The highest BCUT2D eigenvalue weighted by atomic mass is 16.4. The van der Waals surface area contributed by atoms with E-state index in [0.717, 1.165) is 0 Å². The zero-order valence-electron chi connectivity index (χ0n) is 10.0. The first-order valence-electron chi connectivity index (χ1n) is 5.50. The second-order valence-corrected chi connectivity index (χ2v) is 4.68. The third-order valence-electron chi connectivity index (χ3n) is 2.74. The van der Waals surface area contributed by atoms with Crippen LogP contribution in [0.3, 0.4) is 0 Å². The Hall–Kier alpha value is -1.83. The molecule has 18 heavy (non-hydrogen) atoms. The summed E-state index contributed by atoms with van der Waals surface area (Å²) in [5, 5.41) is 20.7. The summed E-state index contributed by atoms with van der Waals surface area (Å²) in [4.78, 5) is 34.5. The molecule has 8 nitrogen and oxygen atoms in total. The summed E-state index contributed by atoms with van der Waals surface area (Å²) in [7, 11) is 0. The molecule has 102 valence electrons. The Morgan fingerprint density at radius 2 is 2.11 bits per heavy atom. The van der Waals surface area contributed by atoms with Gasteiger partial charge in [-0.15, -0.1) is 0 Å². The predicted molar refractivity (Wildman–Crippen MR) is 60.6 cm³/mol. The average Bonchev–Trinajstić information content (AvgIpc) is 2.57. The number of nitrogens with zero attached hydrogens (tertiary/aromatic N) is 1. The Kier molecular flexibility index (Phi) is 4.12. The number of carbonyl (C=O) groups is 3. The van der Waals surface area contributed by atoms with E-state index in [9.17, 15) is 19.5 Å². The first kappa shape index (κ1) is 14.2. The van der Waals surface area contributed by atoms with E-state index in [1.54, 1.807) is 6.92 Å². The van der Waals surface area contributed by atoms with Gasteiger partial charge in [-0.3, -0.25) is 4.79 Å². The number of urea groups is 1. The van der Waals surface area contributed by atoms with Gasteiger partial charge in [-0.05, 0) is 13.3 Å². The van der Waals surface area contributed by atoms with E-state index in [4.69, 9.17) is 10.8 Å². The highest BCUT2D eigenvalue weighted by molar-refractivity contribution is 5.87. The van der Waals surface area contributed by atoms with Crippen LogP contribution >= 0.6 is 0 Å². The molecule has 1 aliphatic rings. The summed E-state index contributed by atoms with van der Waals surface area (Å²) in [5.74, 6) is -2.13. The molecule has 1 fully saturated rings. The number of primary amides is 1. The molecule has 0 aromatic heterocycles. The Labute approximate surface area is 104 Å². The summed E-state index contributed by atoms with van der Waals surface area (Å²) in [6.45, 7) is 2.06. The number of carbonyl (C=O) groups excluding carboxylic acids is 2. The molecule has 8 heteroatoms. The van der Waals surface area contributed by atoms with Gasteiger partial charge >= 0.3 is 12.0 Å². The Bertz CT molecular complexity index is 369. The van der Waals surface area contributed by atoms with E-state index in [1.807, 2.05) is 0 Å². The minimum absolute atomic E-state index is 0.127. The molecule has 1 aliphatic heterocycles. The number of aliphatic carboxylic acids is 1. The van der Waals surface area contributed by atoms with Crippen molar-refractivity contribution in [3.05, 3.63) is 0 Å². The van der Waals surface area contributed by atoms with Crippen LogP contribution in [0.15, 0.2) is 0 Å². The van der Waals surface area contributed by atoms with Crippen molar-refractivity contribution >= 4 is 17.9 Å². The quantitative estimate of drug-likeness (QED) is 0.486. The number of likely N-dealkylation sites (tertiary alicyclic amines) is 1. The number of hydrogen-bond acceptors (Lipinski definition) is 4. The number of nitrogens with two attached hydrogens (primary N) is 1. The summed E-state index contributed by atoms with van der Waals surface area (Å²) < 4.78 is 0. The number of aliphatic hydroxyl groups is 1. The minimum Gasteiger partial charge on any atom is -0.480 e. The van der Waals surface area contributed by atoms with Gasteiger partial charge in [-0.25, -0.2) is 9.59 Å². The van der Waals surface area contributed by atoms with Crippen molar-refractivity contribution in [2.24, 2.45) is 5.73 Å². The molecule has 0 aromatic carbocycles.